The maximum absolute atomic E-state index is 13.5. The summed E-state index contributed by atoms with van der Waals surface area (Å²) in [6, 6.07) is -0.856. The van der Waals surface area contributed by atoms with Gasteiger partial charge in [-0.25, -0.2) is 4.57 Å². The van der Waals surface area contributed by atoms with Gasteiger partial charge in [0.25, 0.3) is 0 Å². The van der Waals surface area contributed by atoms with Crippen molar-refractivity contribution in [2.45, 2.75) is 264 Å². The van der Waals surface area contributed by atoms with Gasteiger partial charge >= 0.3 is 13.8 Å². The van der Waals surface area contributed by atoms with Crippen molar-refractivity contribution in [1.29, 1.82) is 0 Å². The van der Waals surface area contributed by atoms with Crippen molar-refractivity contribution < 1.29 is 37.3 Å². The molecule has 0 aromatic rings. The number of likely N-dealkylation sites (N-methyl/N-ethyl adjacent to an activating group) is 1. The van der Waals surface area contributed by atoms with Gasteiger partial charge in [-0.1, -0.05) is 223 Å². The van der Waals surface area contributed by atoms with Crippen LogP contribution in [-0.2, 0) is 27.9 Å². The van der Waals surface area contributed by atoms with E-state index in [4.69, 9.17) is 13.8 Å². The number of esters is 1. The summed E-state index contributed by atoms with van der Waals surface area (Å²) in [5, 5.41) is 3.03. The van der Waals surface area contributed by atoms with Crippen LogP contribution in [0.25, 0.3) is 0 Å². The van der Waals surface area contributed by atoms with Crippen molar-refractivity contribution in [3.8, 4) is 0 Å². The van der Waals surface area contributed by atoms with Crippen molar-refractivity contribution in [3.05, 3.63) is 60.8 Å². The van der Waals surface area contributed by atoms with Crippen LogP contribution in [0.2, 0.25) is 0 Å². The standard InChI is InChI=1S/C59H109N2O7P/c1-7-10-13-16-19-22-25-26-27-28-29-30-31-32-33-34-37-39-42-45-48-51-58(62)60-56(55-67-69(64,65)66-54-53-61(4,5)6)57(50-47-44-41-38-35-23-20-17-14-11-8-2)68-59(63)52-49-46-43-40-36-24-21-18-15-12-9-3/h19,22,26-27,29-30,32-33,47,50,56-57H,7-18,20-21,23-25,28,31,34-46,48-49,51-55H2,1-6H3,(H-,60,62,64,65)/p+1/b22-19-,27-26-,30-29-,33-32-,50-47-. The number of carbonyl (C=O) groups excluding carboxylic acids is 2. The van der Waals surface area contributed by atoms with E-state index in [9.17, 15) is 19.0 Å². The Bertz CT molecular complexity index is 1370. The van der Waals surface area contributed by atoms with Crippen LogP contribution >= 0.6 is 7.82 Å². The van der Waals surface area contributed by atoms with Crippen molar-refractivity contribution in [1.82, 2.24) is 5.32 Å². The minimum absolute atomic E-state index is 0.0356. The lowest BCUT2D eigenvalue weighted by atomic mass is 10.0. The van der Waals surface area contributed by atoms with Crippen molar-refractivity contribution >= 4 is 19.7 Å². The molecule has 3 atom stereocenters. The zero-order valence-corrected chi connectivity index (χ0v) is 46.7. The second-order valence-corrected chi connectivity index (χ2v) is 21.9. The number of phosphoric acid groups is 1. The second-order valence-electron chi connectivity index (χ2n) is 20.5. The highest BCUT2D eigenvalue weighted by Crippen LogP contribution is 2.43. The molecule has 1 amide bonds. The van der Waals surface area contributed by atoms with Crippen LogP contribution in [0.4, 0.5) is 0 Å². The number of nitrogens with zero attached hydrogens (tertiary/aromatic N) is 1. The third kappa shape index (κ3) is 50.4. The minimum Gasteiger partial charge on any atom is -0.456 e. The first-order valence-electron chi connectivity index (χ1n) is 28.6. The molecule has 10 heteroatoms. The zero-order valence-electron chi connectivity index (χ0n) is 45.8. The molecule has 0 aromatic carbocycles. The molecule has 0 rings (SSSR count). The van der Waals surface area contributed by atoms with Crippen molar-refractivity contribution in [3.63, 3.8) is 0 Å². The number of ether oxygens (including phenoxy) is 1. The van der Waals surface area contributed by atoms with E-state index in [-0.39, 0.29) is 31.5 Å². The Labute approximate surface area is 426 Å². The number of hydrogen-bond donors (Lipinski definition) is 2. The highest BCUT2D eigenvalue weighted by Gasteiger charge is 2.30. The van der Waals surface area contributed by atoms with Crippen LogP contribution in [0.1, 0.15) is 252 Å². The minimum atomic E-state index is -4.45. The number of allylic oxidation sites excluding steroid dienone is 9. The van der Waals surface area contributed by atoms with Gasteiger partial charge in [0.2, 0.25) is 5.91 Å². The fourth-order valence-corrected chi connectivity index (χ4v) is 8.72. The average Bonchev–Trinajstić information content (AvgIpc) is 3.31. The highest BCUT2D eigenvalue weighted by atomic mass is 31.2. The van der Waals surface area contributed by atoms with Gasteiger partial charge in [0.15, 0.2) is 0 Å². The lowest BCUT2D eigenvalue weighted by Gasteiger charge is -2.27. The molecule has 0 saturated heterocycles. The monoisotopic (exact) mass is 990 g/mol. The maximum atomic E-state index is 13.5. The summed E-state index contributed by atoms with van der Waals surface area (Å²) in [7, 11) is 1.48. The number of phosphoric ester groups is 1. The van der Waals surface area contributed by atoms with Crippen LogP contribution < -0.4 is 5.32 Å². The Hall–Kier alpha value is -2.29. The van der Waals surface area contributed by atoms with E-state index in [0.717, 1.165) is 96.3 Å². The SMILES string of the molecule is CCCCC/C=C\C/C=C\C/C=C\C/C=C\CCCCCCCC(=O)NC(COP(=O)(O)OCC[N+](C)(C)C)C(/C=C\CCCCCCCCCCC)OC(=O)CCCCCCCCCCCCC. The van der Waals surface area contributed by atoms with Crippen LogP contribution in [-0.4, -0.2) is 74.3 Å². The predicted molar refractivity (Wildman–Crippen MR) is 295 cm³/mol. The van der Waals surface area contributed by atoms with Gasteiger partial charge in [-0.15, -0.1) is 0 Å². The first-order valence-corrected chi connectivity index (χ1v) is 30.1. The number of hydrogen-bond acceptors (Lipinski definition) is 6. The number of carbonyl (C=O) groups is 2. The first-order chi connectivity index (χ1) is 33.4. The summed E-state index contributed by atoms with van der Waals surface area (Å²) >= 11 is 0. The van der Waals surface area contributed by atoms with Gasteiger partial charge in [-0.2, -0.15) is 0 Å². The van der Waals surface area contributed by atoms with Gasteiger partial charge in [0, 0.05) is 12.8 Å². The molecular weight excluding hydrogens is 880 g/mol. The summed E-state index contributed by atoms with van der Waals surface area (Å²) in [5.74, 6) is -0.525. The molecular formula is C59H110N2O7P+. The lowest BCUT2D eigenvalue weighted by Crippen LogP contribution is -2.47. The molecule has 2 N–H and O–H groups in total. The van der Waals surface area contributed by atoms with Crippen LogP contribution in [0.5, 0.6) is 0 Å². The van der Waals surface area contributed by atoms with E-state index in [0.29, 0.717) is 17.4 Å². The average molecular weight is 991 g/mol. The number of quaternary nitrogens is 1. The van der Waals surface area contributed by atoms with Gasteiger partial charge in [-0.05, 0) is 76.7 Å². The molecule has 0 radical (unpaired) electrons. The summed E-state index contributed by atoms with van der Waals surface area (Å²) in [5.41, 5.74) is 0. The Balaban J connectivity index is 5.28. The van der Waals surface area contributed by atoms with Crippen molar-refractivity contribution in [2.75, 3.05) is 40.9 Å². The summed E-state index contributed by atoms with van der Waals surface area (Å²) in [4.78, 5) is 37.5. The quantitative estimate of drug-likeness (QED) is 0.0205. The van der Waals surface area contributed by atoms with Crippen molar-refractivity contribution in [2.24, 2.45) is 0 Å². The molecule has 0 fully saturated rings. The zero-order chi connectivity index (χ0) is 50.8. The number of nitrogens with one attached hydrogen (secondary N) is 1. The normalized spacial score (nSPS) is 14.2. The summed E-state index contributed by atoms with van der Waals surface area (Å²) < 4.78 is 30.5. The van der Waals surface area contributed by atoms with E-state index in [1.807, 2.05) is 33.3 Å². The molecule has 69 heavy (non-hydrogen) atoms. The Morgan fingerprint density at radius 1 is 0.507 bits per heavy atom. The van der Waals surface area contributed by atoms with E-state index < -0.39 is 20.0 Å². The summed E-state index contributed by atoms with van der Waals surface area (Å²) in [6.45, 7) is 6.95. The Kier molecular flexibility index (Phi) is 47.7. The van der Waals surface area contributed by atoms with Crippen LogP contribution in [0.3, 0.4) is 0 Å². The van der Waals surface area contributed by atoms with Crippen LogP contribution in [0, 0.1) is 0 Å². The third-order valence-electron chi connectivity index (χ3n) is 12.5. The lowest BCUT2D eigenvalue weighted by molar-refractivity contribution is -0.870. The first kappa shape index (κ1) is 66.7. The fourth-order valence-electron chi connectivity index (χ4n) is 7.98. The molecule has 0 bridgehead atoms. The highest BCUT2D eigenvalue weighted by molar-refractivity contribution is 7.47. The van der Waals surface area contributed by atoms with Gasteiger partial charge in [0.05, 0.1) is 33.8 Å². The maximum Gasteiger partial charge on any atom is 0.472 e. The fraction of sp³-hybridized carbons (Fsp3) is 0.797. The number of amides is 1. The second kappa shape index (κ2) is 49.3. The molecule has 0 aliphatic carbocycles. The summed E-state index contributed by atoms with van der Waals surface area (Å²) in [6.07, 6.45) is 60.7. The van der Waals surface area contributed by atoms with Crippen LogP contribution in [0.15, 0.2) is 60.8 Å². The molecule has 0 aromatic heterocycles. The Morgan fingerprint density at radius 3 is 1.35 bits per heavy atom. The molecule has 3 unspecified atom stereocenters. The van der Waals surface area contributed by atoms with E-state index in [1.165, 1.54) is 122 Å². The van der Waals surface area contributed by atoms with Gasteiger partial charge in [-0.3, -0.25) is 18.6 Å². The largest absolute Gasteiger partial charge is 0.472 e. The van der Waals surface area contributed by atoms with E-state index in [1.54, 1.807) is 0 Å². The molecule has 0 spiro atoms. The predicted octanol–water partition coefficient (Wildman–Crippen LogP) is 17.1. The number of unbranched alkanes of at least 4 members (excludes halogenated alkanes) is 27. The molecule has 0 saturated carbocycles. The van der Waals surface area contributed by atoms with Gasteiger partial charge < -0.3 is 19.4 Å². The smallest absolute Gasteiger partial charge is 0.456 e. The van der Waals surface area contributed by atoms with Gasteiger partial charge in [0.1, 0.15) is 19.3 Å². The third-order valence-corrected chi connectivity index (χ3v) is 13.4. The molecule has 402 valence electrons. The number of rotatable bonds is 51. The topological polar surface area (TPSA) is 111 Å². The molecule has 9 nitrogen and oxygen atoms in total. The van der Waals surface area contributed by atoms with E-state index in [2.05, 4.69) is 74.7 Å². The Morgan fingerprint density at radius 2 is 0.884 bits per heavy atom. The van der Waals surface area contributed by atoms with E-state index >= 15 is 0 Å². The molecule has 0 heterocycles. The molecule has 0 aliphatic rings. The molecule has 0 aliphatic heterocycles.